The number of rotatable bonds is 2. The van der Waals surface area contributed by atoms with E-state index in [1.165, 1.54) is 24.6 Å². The molecule has 1 N–H and O–H groups in total. The Morgan fingerprint density at radius 3 is 2.79 bits per heavy atom. The number of nitrogens with one attached hydrogen (secondary N) is 1. The molecule has 1 saturated carbocycles. The molecule has 1 aromatic rings. The number of benzene rings is 1. The van der Waals surface area contributed by atoms with Gasteiger partial charge in [-0.05, 0) is 36.5 Å². The lowest BCUT2D eigenvalue weighted by molar-refractivity contribution is 0.0853. The predicted molar refractivity (Wildman–Crippen MR) is 77.2 cm³/mol. The van der Waals surface area contributed by atoms with E-state index in [4.69, 9.17) is 0 Å². The average molecular weight is 281 g/mol. The Labute approximate surface area is 119 Å². The van der Waals surface area contributed by atoms with Gasteiger partial charge in [0.05, 0.1) is 0 Å². The van der Waals surface area contributed by atoms with E-state index < -0.39 is 5.82 Å². The van der Waals surface area contributed by atoms with Gasteiger partial charge in [0.1, 0.15) is 5.82 Å². The van der Waals surface area contributed by atoms with E-state index in [-0.39, 0.29) is 22.3 Å². The van der Waals surface area contributed by atoms with Crippen LogP contribution in [0.5, 0.6) is 0 Å². The van der Waals surface area contributed by atoms with Gasteiger partial charge in [0, 0.05) is 16.5 Å². The third-order valence-electron chi connectivity index (χ3n) is 4.02. The normalized spacial score (nSPS) is 22.0. The van der Waals surface area contributed by atoms with E-state index >= 15 is 0 Å². The first-order valence-corrected chi connectivity index (χ1v) is 7.14. The minimum absolute atomic E-state index is 0.123. The van der Waals surface area contributed by atoms with Gasteiger partial charge in [-0.3, -0.25) is 4.79 Å². The summed E-state index contributed by atoms with van der Waals surface area (Å²) in [6.07, 6.45) is 4.50. The molecule has 1 aliphatic carbocycles. The second kappa shape index (κ2) is 5.53. The Hall–Kier alpha value is -1.03. The van der Waals surface area contributed by atoms with Crippen molar-refractivity contribution in [2.24, 2.45) is 5.41 Å². The molecule has 1 fully saturated rings. The van der Waals surface area contributed by atoms with Crippen molar-refractivity contribution in [3.8, 4) is 0 Å². The molecule has 1 unspecified atom stereocenters. The maximum Gasteiger partial charge on any atom is 0.251 e. The van der Waals surface area contributed by atoms with Crippen LogP contribution in [-0.2, 0) is 0 Å². The third kappa shape index (κ3) is 3.30. The van der Waals surface area contributed by atoms with Crippen LogP contribution < -0.4 is 5.32 Å². The van der Waals surface area contributed by atoms with Gasteiger partial charge >= 0.3 is 0 Å². The zero-order valence-corrected chi connectivity index (χ0v) is 12.3. The van der Waals surface area contributed by atoms with Gasteiger partial charge in [-0.25, -0.2) is 4.39 Å². The fourth-order valence-corrected chi connectivity index (χ4v) is 2.87. The topological polar surface area (TPSA) is 29.1 Å². The monoisotopic (exact) mass is 281 g/mol. The van der Waals surface area contributed by atoms with Gasteiger partial charge < -0.3 is 5.32 Å². The standard InChI is InChI=1S/C15H20FNOS/c1-15(2)8-4-3-5-13(15)17-14(18)10-6-7-11(16)12(19)9-10/h6-7,9,13,19H,3-5,8H2,1-2H3,(H,17,18). The number of thiol groups is 1. The van der Waals surface area contributed by atoms with Crippen molar-refractivity contribution in [3.05, 3.63) is 29.6 Å². The van der Waals surface area contributed by atoms with E-state index in [1.54, 1.807) is 0 Å². The highest BCUT2D eigenvalue weighted by Gasteiger charge is 2.33. The number of hydrogen-bond donors (Lipinski definition) is 2. The van der Waals surface area contributed by atoms with Crippen molar-refractivity contribution >= 4 is 18.5 Å². The summed E-state index contributed by atoms with van der Waals surface area (Å²) in [6, 6.07) is 4.44. The van der Waals surface area contributed by atoms with Gasteiger partial charge in [-0.1, -0.05) is 26.7 Å². The van der Waals surface area contributed by atoms with Crippen molar-refractivity contribution in [2.45, 2.75) is 50.5 Å². The van der Waals surface area contributed by atoms with Crippen LogP contribution in [0.3, 0.4) is 0 Å². The quantitative estimate of drug-likeness (QED) is 0.793. The SMILES string of the molecule is CC1(C)CCCCC1NC(=O)c1ccc(F)c(S)c1. The molecule has 0 bridgehead atoms. The van der Waals surface area contributed by atoms with Gasteiger partial charge in [0.2, 0.25) is 0 Å². The third-order valence-corrected chi connectivity index (χ3v) is 4.36. The average Bonchev–Trinajstić information content (AvgIpc) is 2.35. The smallest absolute Gasteiger partial charge is 0.251 e. The van der Waals surface area contributed by atoms with Crippen molar-refractivity contribution < 1.29 is 9.18 Å². The van der Waals surface area contributed by atoms with Crippen LogP contribution >= 0.6 is 12.6 Å². The molecule has 1 amide bonds. The molecule has 0 saturated heterocycles. The molecule has 2 rings (SSSR count). The van der Waals surface area contributed by atoms with E-state index in [1.807, 2.05) is 0 Å². The Morgan fingerprint density at radius 1 is 1.42 bits per heavy atom. The van der Waals surface area contributed by atoms with Crippen LogP contribution in [0, 0.1) is 11.2 Å². The van der Waals surface area contributed by atoms with Gasteiger partial charge in [-0.15, -0.1) is 12.6 Å². The van der Waals surface area contributed by atoms with Crippen LogP contribution in [-0.4, -0.2) is 11.9 Å². The van der Waals surface area contributed by atoms with Crippen molar-refractivity contribution in [1.29, 1.82) is 0 Å². The number of carbonyl (C=O) groups excluding carboxylic acids is 1. The molecule has 0 radical (unpaired) electrons. The molecule has 1 atom stereocenters. The summed E-state index contributed by atoms with van der Waals surface area (Å²) in [5.41, 5.74) is 0.588. The molecular formula is C15H20FNOS. The van der Waals surface area contributed by atoms with Crippen molar-refractivity contribution in [1.82, 2.24) is 5.32 Å². The lowest BCUT2D eigenvalue weighted by atomic mass is 9.73. The molecule has 2 nitrogen and oxygen atoms in total. The summed E-state index contributed by atoms with van der Waals surface area (Å²) >= 11 is 4.01. The van der Waals surface area contributed by atoms with Crippen LogP contribution in [0.25, 0.3) is 0 Å². The summed E-state index contributed by atoms with van der Waals surface area (Å²) in [4.78, 5) is 12.4. The lowest BCUT2D eigenvalue weighted by Gasteiger charge is -2.39. The molecule has 0 aromatic heterocycles. The maximum absolute atomic E-state index is 13.1. The molecule has 0 aliphatic heterocycles. The minimum Gasteiger partial charge on any atom is -0.349 e. The molecule has 19 heavy (non-hydrogen) atoms. The summed E-state index contributed by atoms with van der Waals surface area (Å²) in [5.74, 6) is -0.548. The second-order valence-corrected chi connectivity index (χ2v) is 6.41. The van der Waals surface area contributed by atoms with E-state index in [9.17, 15) is 9.18 Å². The van der Waals surface area contributed by atoms with Gasteiger partial charge in [0.25, 0.3) is 5.91 Å². The Kier molecular flexibility index (Phi) is 4.19. The highest BCUT2D eigenvalue weighted by Crippen LogP contribution is 2.35. The molecule has 0 spiro atoms. The zero-order chi connectivity index (χ0) is 14.0. The van der Waals surface area contributed by atoms with E-state index in [0.717, 1.165) is 19.3 Å². The fraction of sp³-hybridized carbons (Fsp3) is 0.533. The van der Waals surface area contributed by atoms with E-state index in [0.29, 0.717) is 5.56 Å². The number of amides is 1. The highest BCUT2D eigenvalue weighted by molar-refractivity contribution is 7.80. The van der Waals surface area contributed by atoms with Gasteiger partial charge in [0.15, 0.2) is 0 Å². The lowest BCUT2D eigenvalue weighted by Crippen LogP contribution is -2.46. The molecule has 1 aliphatic rings. The van der Waals surface area contributed by atoms with Crippen molar-refractivity contribution in [3.63, 3.8) is 0 Å². The largest absolute Gasteiger partial charge is 0.349 e. The van der Waals surface area contributed by atoms with Gasteiger partial charge in [-0.2, -0.15) is 0 Å². The number of hydrogen-bond acceptors (Lipinski definition) is 2. The predicted octanol–water partition coefficient (Wildman–Crippen LogP) is 3.81. The maximum atomic E-state index is 13.1. The molecule has 1 aromatic carbocycles. The van der Waals surface area contributed by atoms with Crippen LogP contribution in [0.4, 0.5) is 4.39 Å². The molecule has 104 valence electrons. The van der Waals surface area contributed by atoms with Crippen molar-refractivity contribution in [2.75, 3.05) is 0 Å². The van der Waals surface area contributed by atoms with Crippen LogP contribution in [0.2, 0.25) is 0 Å². The number of halogens is 1. The molecular weight excluding hydrogens is 261 g/mol. The van der Waals surface area contributed by atoms with E-state index in [2.05, 4.69) is 31.8 Å². The fourth-order valence-electron chi connectivity index (χ4n) is 2.66. The minimum atomic E-state index is -0.405. The zero-order valence-electron chi connectivity index (χ0n) is 11.4. The first-order valence-electron chi connectivity index (χ1n) is 6.69. The second-order valence-electron chi connectivity index (χ2n) is 5.93. The Balaban J connectivity index is 2.10. The Bertz CT molecular complexity index is 487. The highest BCUT2D eigenvalue weighted by atomic mass is 32.1. The summed E-state index contributed by atoms with van der Waals surface area (Å²) in [7, 11) is 0. The summed E-state index contributed by atoms with van der Waals surface area (Å²) < 4.78 is 13.1. The first-order chi connectivity index (χ1) is 8.90. The number of carbonyl (C=O) groups is 1. The first kappa shape index (κ1) is 14.4. The molecule has 4 heteroatoms. The summed E-state index contributed by atoms with van der Waals surface area (Å²) in [5, 5.41) is 3.08. The van der Waals surface area contributed by atoms with Crippen LogP contribution in [0.15, 0.2) is 23.1 Å². The molecule has 0 heterocycles. The van der Waals surface area contributed by atoms with Crippen LogP contribution in [0.1, 0.15) is 49.9 Å². The summed E-state index contributed by atoms with van der Waals surface area (Å²) in [6.45, 7) is 4.37. The Morgan fingerprint density at radius 2 is 2.16 bits per heavy atom.